The van der Waals surface area contributed by atoms with Gasteiger partial charge in [-0.15, -0.1) is 0 Å². The molecule has 0 amide bonds. The van der Waals surface area contributed by atoms with E-state index in [9.17, 15) is 9.18 Å². The smallest absolute Gasteiger partial charge is 0.232 e. The maximum absolute atomic E-state index is 14.1. The third-order valence-electron chi connectivity index (χ3n) is 3.01. The molecule has 122 valence electrons. The number of benzene rings is 2. The zero-order valence-corrected chi connectivity index (χ0v) is 13.8. The van der Waals surface area contributed by atoms with Crippen LogP contribution in [0.2, 0.25) is 5.02 Å². The van der Waals surface area contributed by atoms with Crippen molar-refractivity contribution in [3.05, 3.63) is 76.4 Å². The Kier molecular flexibility index (Phi) is 5.56. The minimum absolute atomic E-state index is 0.0640. The van der Waals surface area contributed by atoms with Gasteiger partial charge in [0.25, 0.3) is 0 Å². The summed E-state index contributed by atoms with van der Waals surface area (Å²) in [6.45, 7) is 0. The predicted octanol–water partition coefficient (Wildman–Crippen LogP) is 4.02. The lowest BCUT2D eigenvalue weighted by Gasteiger charge is -2.13. The van der Waals surface area contributed by atoms with Crippen LogP contribution in [0.1, 0.15) is 15.9 Å². The summed E-state index contributed by atoms with van der Waals surface area (Å²) in [5.74, 6) is -1.13. The van der Waals surface area contributed by atoms with Gasteiger partial charge in [-0.1, -0.05) is 17.7 Å². The fourth-order valence-electron chi connectivity index (χ4n) is 1.90. The first-order chi connectivity index (χ1) is 11.4. The van der Waals surface area contributed by atoms with Crippen LogP contribution in [-0.2, 0) is 0 Å². The van der Waals surface area contributed by atoms with Crippen LogP contribution in [0.25, 0.3) is 0 Å². The van der Waals surface area contributed by atoms with Gasteiger partial charge in [-0.2, -0.15) is 5.26 Å². The highest BCUT2D eigenvalue weighted by Gasteiger charge is 2.20. The molecule has 2 aromatic carbocycles. The van der Waals surface area contributed by atoms with Crippen LogP contribution in [0, 0.1) is 17.1 Å². The Hall–Kier alpha value is -2.84. The molecule has 0 aliphatic carbocycles. The first-order valence-electron chi connectivity index (χ1n) is 6.97. The van der Waals surface area contributed by atoms with E-state index < -0.39 is 11.6 Å². The lowest BCUT2D eigenvalue weighted by atomic mass is 10.1. The second kappa shape index (κ2) is 7.62. The quantitative estimate of drug-likeness (QED) is 0.467. The molecule has 0 atom stereocenters. The minimum Gasteiger partial charge on any atom is -0.452 e. The monoisotopic (exact) mass is 344 g/mol. The molecule has 6 heteroatoms. The number of nitriles is 1. The maximum Gasteiger partial charge on any atom is 0.232 e. The van der Waals surface area contributed by atoms with Crippen molar-refractivity contribution < 1.29 is 13.9 Å². The minimum atomic E-state index is -0.794. The Morgan fingerprint density at radius 2 is 1.92 bits per heavy atom. The van der Waals surface area contributed by atoms with Gasteiger partial charge < -0.3 is 9.64 Å². The molecule has 0 heterocycles. The van der Waals surface area contributed by atoms with Crippen LogP contribution in [0.5, 0.6) is 5.75 Å². The highest BCUT2D eigenvalue weighted by atomic mass is 35.5. The zero-order valence-electron chi connectivity index (χ0n) is 13.1. The highest BCUT2D eigenvalue weighted by molar-refractivity contribution is 6.31. The first kappa shape index (κ1) is 17.5. The number of rotatable bonds is 5. The number of allylic oxidation sites excluding steroid dienone is 1. The van der Waals surface area contributed by atoms with Gasteiger partial charge in [0, 0.05) is 20.3 Å². The number of ketones is 1. The van der Waals surface area contributed by atoms with E-state index in [-0.39, 0.29) is 16.3 Å². The molecule has 0 saturated carbocycles. The maximum atomic E-state index is 14.1. The van der Waals surface area contributed by atoms with Gasteiger partial charge in [0.15, 0.2) is 11.6 Å². The van der Waals surface area contributed by atoms with E-state index in [0.29, 0.717) is 11.3 Å². The predicted molar refractivity (Wildman–Crippen MR) is 89.3 cm³/mol. The van der Waals surface area contributed by atoms with Crippen LogP contribution >= 0.6 is 11.6 Å². The Labute approximate surface area is 144 Å². The number of carbonyl (C=O) groups excluding carboxylic acids is 1. The van der Waals surface area contributed by atoms with Gasteiger partial charge >= 0.3 is 0 Å². The summed E-state index contributed by atoms with van der Waals surface area (Å²) in [5, 5.41) is 8.67. The van der Waals surface area contributed by atoms with E-state index >= 15 is 0 Å². The van der Waals surface area contributed by atoms with E-state index in [1.54, 1.807) is 43.3 Å². The fourth-order valence-corrected chi connectivity index (χ4v) is 2.08. The van der Waals surface area contributed by atoms with Gasteiger partial charge in [-0.25, -0.2) is 4.39 Å². The summed E-state index contributed by atoms with van der Waals surface area (Å²) >= 11 is 5.73. The van der Waals surface area contributed by atoms with Crippen molar-refractivity contribution in [3.63, 3.8) is 0 Å². The average Bonchev–Trinajstić information content (AvgIpc) is 2.56. The van der Waals surface area contributed by atoms with E-state index in [1.807, 2.05) is 6.07 Å². The molecule has 0 unspecified atom stereocenters. The molecule has 0 N–H and O–H groups in total. The molecular formula is C18H14ClFN2O2. The van der Waals surface area contributed by atoms with E-state index in [4.69, 9.17) is 21.6 Å². The molecule has 0 aliphatic rings. The molecule has 0 bridgehead atoms. The summed E-state index contributed by atoms with van der Waals surface area (Å²) < 4.78 is 19.7. The zero-order chi connectivity index (χ0) is 17.7. The van der Waals surface area contributed by atoms with Gasteiger partial charge in [0.05, 0.1) is 22.2 Å². The Bertz CT molecular complexity index is 824. The lowest BCUT2D eigenvalue weighted by Crippen LogP contribution is -2.15. The van der Waals surface area contributed by atoms with Crippen LogP contribution in [0.4, 0.5) is 4.39 Å². The number of hydrogen-bond acceptors (Lipinski definition) is 4. The van der Waals surface area contributed by atoms with Crippen molar-refractivity contribution in [1.29, 1.82) is 5.26 Å². The number of hydrogen-bond donors (Lipinski definition) is 0. The van der Waals surface area contributed by atoms with E-state index in [2.05, 4.69) is 0 Å². The number of carbonyl (C=O) groups is 1. The van der Waals surface area contributed by atoms with Gasteiger partial charge in [0.2, 0.25) is 5.78 Å². The van der Waals surface area contributed by atoms with Crippen molar-refractivity contribution in [1.82, 2.24) is 4.90 Å². The molecule has 2 aromatic rings. The van der Waals surface area contributed by atoms with Crippen LogP contribution in [-0.4, -0.2) is 24.8 Å². The SMILES string of the molecule is CN(C)/C=C(/Oc1ccc(C#N)cc1)C(=O)c1cccc(Cl)c1F. The lowest BCUT2D eigenvalue weighted by molar-refractivity contribution is 0.0978. The Morgan fingerprint density at radius 3 is 2.50 bits per heavy atom. The Balaban J connectivity index is 2.36. The molecule has 0 aromatic heterocycles. The number of ether oxygens (including phenoxy) is 1. The van der Waals surface area contributed by atoms with E-state index in [1.165, 1.54) is 24.4 Å². The van der Waals surface area contributed by atoms with Crippen molar-refractivity contribution >= 4 is 17.4 Å². The normalized spacial score (nSPS) is 10.9. The molecule has 0 radical (unpaired) electrons. The van der Waals surface area contributed by atoms with Crippen molar-refractivity contribution in [3.8, 4) is 11.8 Å². The highest BCUT2D eigenvalue weighted by Crippen LogP contribution is 2.23. The standard InChI is InChI=1S/C18H14ClFN2O2/c1-22(2)11-16(24-13-8-6-12(10-21)7-9-13)18(23)14-4-3-5-15(19)17(14)20/h3-9,11H,1-2H3/b16-11+. The number of halogens is 2. The van der Waals surface area contributed by atoms with Crippen LogP contribution in [0.3, 0.4) is 0 Å². The van der Waals surface area contributed by atoms with Crippen molar-refractivity contribution in [2.24, 2.45) is 0 Å². The summed E-state index contributed by atoms with van der Waals surface area (Å²) in [7, 11) is 3.42. The third-order valence-corrected chi connectivity index (χ3v) is 3.30. The third kappa shape index (κ3) is 4.12. The molecule has 0 spiro atoms. The molecule has 0 fully saturated rings. The summed E-state index contributed by atoms with van der Waals surface area (Å²) in [5.41, 5.74) is 0.289. The topological polar surface area (TPSA) is 53.3 Å². The molecular weight excluding hydrogens is 331 g/mol. The first-order valence-corrected chi connectivity index (χ1v) is 7.35. The van der Waals surface area contributed by atoms with Gasteiger partial charge in [-0.05, 0) is 36.4 Å². The summed E-state index contributed by atoms with van der Waals surface area (Å²) in [6.07, 6.45) is 1.45. The van der Waals surface area contributed by atoms with Crippen LogP contribution in [0.15, 0.2) is 54.4 Å². The fraction of sp³-hybridized carbons (Fsp3) is 0.111. The van der Waals surface area contributed by atoms with Gasteiger partial charge in [0.1, 0.15) is 5.75 Å². The summed E-state index contributed by atoms with van der Waals surface area (Å²) in [4.78, 5) is 14.2. The van der Waals surface area contributed by atoms with E-state index in [0.717, 1.165) is 0 Å². The molecule has 0 aliphatic heterocycles. The largest absolute Gasteiger partial charge is 0.452 e. The second-order valence-electron chi connectivity index (χ2n) is 5.13. The van der Waals surface area contributed by atoms with Gasteiger partial charge in [-0.3, -0.25) is 4.79 Å². The van der Waals surface area contributed by atoms with Crippen molar-refractivity contribution in [2.75, 3.05) is 14.1 Å². The molecule has 2 rings (SSSR count). The molecule has 24 heavy (non-hydrogen) atoms. The Morgan fingerprint density at radius 1 is 1.25 bits per heavy atom. The average molecular weight is 345 g/mol. The van der Waals surface area contributed by atoms with Crippen LogP contribution < -0.4 is 4.74 Å². The number of nitrogens with zero attached hydrogens (tertiary/aromatic N) is 2. The van der Waals surface area contributed by atoms with Crippen molar-refractivity contribution in [2.45, 2.75) is 0 Å². The number of Topliss-reactive ketones (excluding diaryl/α,β-unsaturated/α-hetero) is 1. The second-order valence-corrected chi connectivity index (χ2v) is 5.53. The summed E-state index contributed by atoms with van der Waals surface area (Å²) in [6, 6.07) is 12.4. The molecule has 4 nitrogen and oxygen atoms in total. The molecule has 0 saturated heterocycles.